The molecule has 0 atom stereocenters. The first-order valence-corrected chi connectivity index (χ1v) is 6.58. The standard InChI is InChI=1S/C13H12N4OS/c1-17-7-6-15-13(17)19-9-12(18)16-11-5-3-2-4-10(11)8-14/h2-7H,9H2,1H3,(H,16,18). The first-order valence-electron chi connectivity index (χ1n) is 5.60. The molecule has 1 amide bonds. The minimum absolute atomic E-state index is 0.157. The zero-order chi connectivity index (χ0) is 13.7. The summed E-state index contributed by atoms with van der Waals surface area (Å²) >= 11 is 1.35. The van der Waals surface area contributed by atoms with E-state index in [1.807, 2.05) is 23.9 Å². The third-order valence-corrected chi connectivity index (χ3v) is 3.49. The highest BCUT2D eigenvalue weighted by Gasteiger charge is 2.08. The molecule has 0 spiro atoms. The second-order valence-electron chi connectivity index (χ2n) is 3.81. The molecule has 0 saturated heterocycles. The average Bonchev–Trinajstić information content (AvgIpc) is 2.82. The van der Waals surface area contributed by atoms with Crippen LogP contribution in [0.15, 0.2) is 41.8 Å². The van der Waals surface area contributed by atoms with E-state index in [9.17, 15) is 4.79 Å². The van der Waals surface area contributed by atoms with Crippen LogP contribution in [0, 0.1) is 11.3 Å². The van der Waals surface area contributed by atoms with Gasteiger partial charge in [0.2, 0.25) is 5.91 Å². The number of benzene rings is 1. The SMILES string of the molecule is Cn1ccnc1SCC(=O)Nc1ccccc1C#N. The number of anilines is 1. The molecule has 1 aromatic heterocycles. The average molecular weight is 272 g/mol. The lowest BCUT2D eigenvalue weighted by atomic mass is 10.2. The second-order valence-corrected chi connectivity index (χ2v) is 4.76. The molecule has 0 fully saturated rings. The van der Waals surface area contributed by atoms with Gasteiger partial charge < -0.3 is 9.88 Å². The molecule has 5 nitrogen and oxygen atoms in total. The number of hydrogen-bond donors (Lipinski definition) is 1. The van der Waals surface area contributed by atoms with Gasteiger partial charge in [0.15, 0.2) is 5.16 Å². The fourth-order valence-electron chi connectivity index (χ4n) is 1.50. The van der Waals surface area contributed by atoms with Crippen LogP contribution in [0.2, 0.25) is 0 Å². The fourth-order valence-corrected chi connectivity index (χ4v) is 2.23. The summed E-state index contributed by atoms with van der Waals surface area (Å²) in [7, 11) is 1.87. The summed E-state index contributed by atoms with van der Waals surface area (Å²) in [4.78, 5) is 15.9. The van der Waals surface area contributed by atoms with E-state index in [1.54, 1.807) is 30.5 Å². The number of nitrogens with zero attached hydrogens (tertiary/aromatic N) is 3. The molecule has 0 saturated carbocycles. The third-order valence-electron chi connectivity index (χ3n) is 2.43. The number of hydrogen-bond acceptors (Lipinski definition) is 4. The van der Waals surface area contributed by atoms with E-state index in [1.165, 1.54) is 11.8 Å². The molecule has 0 aliphatic heterocycles. The third kappa shape index (κ3) is 3.36. The Morgan fingerprint density at radius 3 is 3.00 bits per heavy atom. The largest absolute Gasteiger partial charge is 0.329 e. The van der Waals surface area contributed by atoms with Crippen LogP contribution in [0.25, 0.3) is 0 Å². The molecule has 19 heavy (non-hydrogen) atoms. The molecule has 2 rings (SSSR count). The van der Waals surface area contributed by atoms with E-state index in [2.05, 4.69) is 10.3 Å². The molecule has 0 aliphatic carbocycles. The molecule has 1 N–H and O–H groups in total. The van der Waals surface area contributed by atoms with Gasteiger partial charge in [-0.15, -0.1) is 0 Å². The van der Waals surface area contributed by atoms with E-state index < -0.39 is 0 Å². The topological polar surface area (TPSA) is 70.7 Å². The smallest absolute Gasteiger partial charge is 0.234 e. The highest BCUT2D eigenvalue weighted by molar-refractivity contribution is 7.99. The van der Waals surface area contributed by atoms with Crippen molar-refractivity contribution in [3.63, 3.8) is 0 Å². The molecule has 0 aliphatic rings. The Kier molecular flexibility index (Phi) is 4.21. The number of aromatic nitrogens is 2. The van der Waals surface area contributed by atoms with E-state index in [0.29, 0.717) is 11.3 Å². The Labute approximate surface area is 115 Å². The number of carbonyl (C=O) groups excluding carboxylic acids is 1. The molecule has 0 unspecified atom stereocenters. The molecule has 1 heterocycles. The summed E-state index contributed by atoms with van der Waals surface area (Å²) in [6, 6.07) is 8.96. The van der Waals surface area contributed by atoms with Crippen LogP contribution in [0.5, 0.6) is 0 Å². The van der Waals surface area contributed by atoms with Crippen molar-refractivity contribution in [1.82, 2.24) is 9.55 Å². The molecule has 0 bridgehead atoms. The van der Waals surface area contributed by atoms with Gasteiger partial charge in [-0.25, -0.2) is 4.98 Å². The zero-order valence-corrected chi connectivity index (χ0v) is 11.1. The van der Waals surface area contributed by atoms with Gasteiger partial charge in [0.25, 0.3) is 0 Å². The van der Waals surface area contributed by atoms with Gasteiger partial charge in [-0.1, -0.05) is 23.9 Å². The second kappa shape index (κ2) is 6.07. The van der Waals surface area contributed by atoms with Crippen molar-refractivity contribution in [1.29, 1.82) is 5.26 Å². The predicted octanol–water partition coefficient (Wildman–Crippen LogP) is 2.02. The monoisotopic (exact) mass is 272 g/mol. The molecule has 0 radical (unpaired) electrons. The quantitative estimate of drug-likeness (QED) is 0.864. The maximum atomic E-state index is 11.8. The molecule has 1 aromatic carbocycles. The van der Waals surface area contributed by atoms with Crippen LogP contribution in [0.1, 0.15) is 5.56 Å². The molecule has 96 valence electrons. The lowest BCUT2D eigenvalue weighted by Crippen LogP contribution is -2.15. The van der Waals surface area contributed by atoms with Crippen molar-refractivity contribution in [3.8, 4) is 6.07 Å². The first kappa shape index (κ1) is 13.2. The minimum atomic E-state index is -0.157. The van der Waals surface area contributed by atoms with Gasteiger partial charge in [-0.05, 0) is 12.1 Å². The number of para-hydroxylation sites is 1. The van der Waals surface area contributed by atoms with Crippen LogP contribution in [0.3, 0.4) is 0 Å². The van der Waals surface area contributed by atoms with Gasteiger partial charge in [0.05, 0.1) is 17.0 Å². The van der Waals surface area contributed by atoms with Gasteiger partial charge in [-0.2, -0.15) is 5.26 Å². The van der Waals surface area contributed by atoms with Crippen molar-refractivity contribution >= 4 is 23.4 Å². The summed E-state index contributed by atoms with van der Waals surface area (Å²) in [5, 5.41) is 12.4. The fraction of sp³-hybridized carbons (Fsp3) is 0.154. The van der Waals surface area contributed by atoms with Crippen LogP contribution in [-0.2, 0) is 11.8 Å². The summed E-state index contributed by atoms with van der Waals surface area (Å²) in [6.45, 7) is 0. The summed E-state index contributed by atoms with van der Waals surface area (Å²) < 4.78 is 1.85. The molecular weight excluding hydrogens is 260 g/mol. The number of rotatable bonds is 4. The van der Waals surface area contributed by atoms with Gasteiger partial charge in [0.1, 0.15) is 6.07 Å². The van der Waals surface area contributed by atoms with Crippen molar-refractivity contribution < 1.29 is 4.79 Å². The lowest BCUT2D eigenvalue weighted by Gasteiger charge is -2.06. The Bertz CT molecular complexity index is 630. The molecular formula is C13H12N4OS. The van der Waals surface area contributed by atoms with Gasteiger partial charge in [-0.3, -0.25) is 4.79 Å². The number of amides is 1. The number of thioether (sulfide) groups is 1. The van der Waals surface area contributed by atoms with E-state index in [-0.39, 0.29) is 11.7 Å². The van der Waals surface area contributed by atoms with Crippen molar-refractivity contribution in [2.75, 3.05) is 11.1 Å². The number of imidazole rings is 1. The van der Waals surface area contributed by atoms with Crippen LogP contribution < -0.4 is 5.32 Å². The number of nitriles is 1. The van der Waals surface area contributed by atoms with Crippen molar-refractivity contribution in [2.45, 2.75) is 5.16 Å². The minimum Gasteiger partial charge on any atom is -0.329 e. The van der Waals surface area contributed by atoms with Gasteiger partial charge in [0, 0.05) is 19.4 Å². The molecule has 6 heteroatoms. The number of aryl methyl sites for hydroxylation is 1. The Morgan fingerprint density at radius 2 is 2.32 bits per heavy atom. The Morgan fingerprint density at radius 1 is 1.53 bits per heavy atom. The molecule has 2 aromatic rings. The van der Waals surface area contributed by atoms with Crippen molar-refractivity contribution in [2.24, 2.45) is 7.05 Å². The summed E-state index contributed by atoms with van der Waals surface area (Å²) in [5.74, 6) is 0.0978. The van der Waals surface area contributed by atoms with Crippen LogP contribution in [0.4, 0.5) is 5.69 Å². The lowest BCUT2D eigenvalue weighted by molar-refractivity contribution is -0.113. The van der Waals surface area contributed by atoms with Crippen molar-refractivity contribution in [3.05, 3.63) is 42.2 Å². The van der Waals surface area contributed by atoms with Gasteiger partial charge >= 0.3 is 0 Å². The van der Waals surface area contributed by atoms with E-state index in [0.717, 1.165) is 5.16 Å². The normalized spacial score (nSPS) is 9.89. The summed E-state index contributed by atoms with van der Waals surface area (Å²) in [5.41, 5.74) is 0.994. The summed E-state index contributed by atoms with van der Waals surface area (Å²) in [6.07, 6.45) is 3.51. The maximum Gasteiger partial charge on any atom is 0.234 e. The Hall–Kier alpha value is -2.26. The maximum absolute atomic E-state index is 11.8. The van der Waals surface area contributed by atoms with Crippen LogP contribution in [-0.4, -0.2) is 21.2 Å². The predicted molar refractivity (Wildman–Crippen MR) is 73.7 cm³/mol. The van der Waals surface area contributed by atoms with E-state index >= 15 is 0 Å². The highest BCUT2D eigenvalue weighted by atomic mass is 32.2. The zero-order valence-electron chi connectivity index (χ0n) is 10.3. The Balaban J connectivity index is 1.95. The van der Waals surface area contributed by atoms with E-state index in [4.69, 9.17) is 5.26 Å². The number of carbonyl (C=O) groups is 1. The highest BCUT2D eigenvalue weighted by Crippen LogP contribution is 2.17. The first-order chi connectivity index (χ1) is 9.20. The van der Waals surface area contributed by atoms with Crippen LogP contribution >= 0.6 is 11.8 Å². The number of nitrogens with one attached hydrogen (secondary N) is 1.